The number of rotatable bonds is 3. The molecule has 1 saturated carbocycles. The van der Waals surface area contributed by atoms with Crippen LogP contribution in [0.5, 0.6) is 0 Å². The van der Waals surface area contributed by atoms with Crippen molar-refractivity contribution in [1.29, 1.82) is 0 Å². The molecule has 0 spiro atoms. The molecule has 0 amide bonds. The zero-order valence-electron chi connectivity index (χ0n) is 11.3. The van der Waals surface area contributed by atoms with Crippen molar-refractivity contribution in [2.75, 3.05) is 6.54 Å². The number of aliphatic hydroxyl groups is 1. The van der Waals surface area contributed by atoms with Crippen LogP contribution in [0.2, 0.25) is 0 Å². The lowest BCUT2D eigenvalue weighted by Crippen LogP contribution is -2.49. The van der Waals surface area contributed by atoms with E-state index >= 15 is 0 Å². The van der Waals surface area contributed by atoms with Gasteiger partial charge in [0, 0.05) is 6.54 Å². The quantitative estimate of drug-likeness (QED) is 0.813. The fourth-order valence-electron chi connectivity index (χ4n) is 1.92. The fraction of sp³-hybridized carbons (Fsp3) is 1.00. The molecule has 0 saturated heterocycles. The fourth-order valence-corrected chi connectivity index (χ4v) is 2.81. The lowest BCUT2D eigenvalue weighted by molar-refractivity contribution is -0.00191. The Morgan fingerprint density at radius 1 is 1.29 bits per heavy atom. The van der Waals surface area contributed by atoms with E-state index in [1.54, 1.807) is 20.8 Å². The molecule has 1 aliphatic carbocycles. The molecule has 17 heavy (non-hydrogen) atoms. The summed E-state index contributed by atoms with van der Waals surface area (Å²) in [7, 11) is -3.36. The average molecular weight is 263 g/mol. The molecule has 0 aromatic heterocycles. The van der Waals surface area contributed by atoms with Gasteiger partial charge in [-0.05, 0) is 52.4 Å². The van der Waals surface area contributed by atoms with Crippen LogP contribution < -0.4 is 4.72 Å². The Labute approximate surface area is 105 Å². The van der Waals surface area contributed by atoms with Crippen LogP contribution in [0, 0.1) is 5.92 Å². The van der Waals surface area contributed by atoms with Crippen molar-refractivity contribution in [1.82, 2.24) is 4.72 Å². The van der Waals surface area contributed by atoms with Gasteiger partial charge < -0.3 is 5.11 Å². The van der Waals surface area contributed by atoms with Gasteiger partial charge in [-0.3, -0.25) is 0 Å². The summed E-state index contributed by atoms with van der Waals surface area (Å²) in [4.78, 5) is 0. The Morgan fingerprint density at radius 2 is 1.76 bits per heavy atom. The van der Waals surface area contributed by atoms with Crippen molar-refractivity contribution in [2.45, 2.75) is 63.7 Å². The van der Waals surface area contributed by atoms with Gasteiger partial charge in [-0.15, -0.1) is 0 Å². The second-order valence-corrected chi connectivity index (χ2v) is 8.86. The number of nitrogens with one attached hydrogen (secondary N) is 1. The summed E-state index contributed by atoms with van der Waals surface area (Å²) in [5, 5.41) is 10.3. The molecule has 0 bridgehead atoms. The molecule has 1 rings (SSSR count). The van der Waals surface area contributed by atoms with Gasteiger partial charge in [-0.25, -0.2) is 13.1 Å². The van der Waals surface area contributed by atoms with E-state index in [9.17, 15) is 13.5 Å². The third-order valence-electron chi connectivity index (χ3n) is 3.60. The van der Waals surface area contributed by atoms with Crippen molar-refractivity contribution < 1.29 is 13.5 Å². The molecule has 5 heteroatoms. The SMILES string of the molecule is CC1CCC(O)(CNS(=O)(=O)C(C)(C)C)CC1. The van der Waals surface area contributed by atoms with Gasteiger partial charge in [-0.2, -0.15) is 0 Å². The van der Waals surface area contributed by atoms with Gasteiger partial charge in [0.2, 0.25) is 10.0 Å². The Morgan fingerprint density at radius 3 is 2.18 bits per heavy atom. The zero-order chi connectivity index (χ0) is 13.3. The summed E-state index contributed by atoms with van der Waals surface area (Å²) in [5.74, 6) is 0.634. The maximum Gasteiger partial charge on any atom is 0.216 e. The normalized spacial score (nSPS) is 31.5. The first-order chi connectivity index (χ1) is 7.56. The molecule has 0 unspecified atom stereocenters. The summed E-state index contributed by atoms with van der Waals surface area (Å²) in [5.41, 5.74) is -0.856. The standard InChI is InChI=1S/C12H25NO3S/c1-10-5-7-12(14,8-6-10)9-13-17(15,16)11(2,3)4/h10,13-14H,5-9H2,1-4H3. The zero-order valence-corrected chi connectivity index (χ0v) is 12.1. The topological polar surface area (TPSA) is 66.4 Å². The summed E-state index contributed by atoms with van der Waals surface area (Å²) in [6.45, 7) is 7.27. The van der Waals surface area contributed by atoms with Crippen molar-refractivity contribution in [3.05, 3.63) is 0 Å². The Balaban J connectivity index is 2.57. The van der Waals surface area contributed by atoms with Gasteiger partial charge in [0.15, 0.2) is 0 Å². The van der Waals surface area contributed by atoms with E-state index in [4.69, 9.17) is 0 Å². The van der Waals surface area contributed by atoms with Crippen molar-refractivity contribution >= 4 is 10.0 Å². The molecular weight excluding hydrogens is 238 g/mol. The molecular formula is C12H25NO3S. The highest BCUT2D eigenvalue weighted by atomic mass is 32.2. The van der Waals surface area contributed by atoms with Crippen LogP contribution in [0.15, 0.2) is 0 Å². The maximum atomic E-state index is 11.9. The molecule has 102 valence electrons. The highest BCUT2D eigenvalue weighted by Gasteiger charge is 2.35. The minimum Gasteiger partial charge on any atom is -0.389 e. The summed E-state index contributed by atoms with van der Waals surface area (Å²) in [6, 6.07) is 0. The van der Waals surface area contributed by atoms with Crippen LogP contribution in [0.1, 0.15) is 53.4 Å². The predicted octanol–water partition coefficient (Wildman–Crippen LogP) is 1.65. The molecule has 0 aromatic carbocycles. The number of hydrogen-bond acceptors (Lipinski definition) is 3. The highest BCUT2D eigenvalue weighted by molar-refractivity contribution is 7.90. The van der Waals surface area contributed by atoms with E-state index < -0.39 is 20.4 Å². The summed E-state index contributed by atoms with van der Waals surface area (Å²) >= 11 is 0. The molecule has 0 atom stereocenters. The molecule has 1 fully saturated rings. The van der Waals surface area contributed by atoms with Crippen LogP contribution in [-0.2, 0) is 10.0 Å². The van der Waals surface area contributed by atoms with E-state index in [-0.39, 0.29) is 6.54 Å². The van der Waals surface area contributed by atoms with Crippen LogP contribution in [0.4, 0.5) is 0 Å². The van der Waals surface area contributed by atoms with Crippen LogP contribution in [0.25, 0.3) is 0 Å². The maximum absolute atomic E-state index is 11.9. The first-order valence-corrected chi connectivity index (χ1v) is 7.76. The van der Waals surface area contributed by atoms with Crippen molar-refractivity contribution in [3.63, 3.8) is 0 Å². The lowest BCUT2D eigenvalue weighted by atomic mass is 9.80. The smallest absolute Gasteiger partial charge is 0.216 e. The largest absolute Gasteiger partial charge is 0.389 e. The minimum absolute atomic E-state index is 0.138. The second-order valence-electron chi connectivity index (χ2n) is 6.34. The third-order valence-corrected chi connectivity index (χ3v) is 5.74. The minimum atomic E-state index is -3.36. The van der Waals surface area contributed by atoms with E-state index in [1.807, 2.05) is 0 Å². The Bertz CT molecular complexity index is 348. The molecule has 4 nitrogen and oxygen atoms in total. The van der Waals surface area contributed by atoms with Crippen LogP contribution in [-0.4, -0.2) is 30.4 Å². The van der Waals surface area contributed by atoms with Gasteiger partial charge in [0.05, 0.1) is 10.3 Å². The van der Waals surface area contributed by atoms with Gasteiger partial charge in [0.25, 0.3) is 0 Å². The van der Waals surface area contributed by atoms with Crippen molar-refractivity contribution in [2.24, 2.45) is 5.92 Å². The average Bonchev–Trinajstić information content (AvgIpc) is 2.19. The van der Waals surface area contributed by atoms with Gasteiger partial charge in [-0.1, -0.05) is 6.92 Å². The highest BCUT2D eigenvalue weighted by Crippen LogP contribution is 2.31. The van der Waals surface area contributed by atoms with Crippen LogP contribution >= 0.6 is 0 Å². The van der Waals surface area contributed by atoms with E-state index in [0.717, 1.165) is 12.8 Å². The Kier molecular flexibility index (Phi) is 4.27. The molecule has 2 N–H and O–H groups in total. The van der Waals surface area contributed by atoms with Gasteiger partial charge in [0.1, 0.15) is 0 Å². The van der Waals surface area contributed by atoms with E-state index in [2.05, 4.69) is 11.6 Å². The van der Waals surface area contributed by atoms with Crippen LogP contribution in [0.3, 0.4) is 0 Å². The first kappa shape index (κ1) is 14.9. The molecule has 0 radical (unpaired) electrons. The summed E-state index contributed by atoms with van der Waals surface area (Å²) in [6.07, 6.45) is 3.29. The van der Waals surface area contributed by atoms with E-state index in [0.29, 0.717) is 18.8 Å². The summed E-state index contributed by atoms with van der Waals surface area (Å²) < 4.78 is 25.5. The molecule has 0 aliphatic heterocycles. The Hall–Kier alpha value is -0.130. The van der Waals surface area contributed by atoms with Gasteiger partial charge >= 0.3 is 0 Å². The third kappa shape index (κ3) is 3.93. The van der Waals surface area contributed by atoms with E-state index in [1.165, 1.54) is 0 Å². The first-order valence-electron chi connectivity index (χ1n) is 6.27. The second kappa shape index (κ2) is 4.86. The predicted molar refractivity (Wildman–Crippen MR) is 69.3 cm³/mol. The molecule has 1 aliphatic rings. The number of hydrogen-bond donors (Lipinski definition) is 2. The number of sulfonamides is 1. The molecule has 0 aromatic rings. The lowest BCUT2D eigenvalue weighted by Gasteiger charge is -2.35. The monoisotopic (exact) mass is 263 g/mol. The van der Waals surface area contributed by atoms with Crippen molar-refractivity contribution in [3.8, 4) is 0 Å². The molecule has 0 heterocycles.